The third-order valence-electron chi connectivity index (χ3n) is 2.32. The van der Waals surface area contributed by atoms with E-state index in [0.29, 0.717) is 6.92 Å². The van der Waals surface area contributed by atoms with Gasteiger partial charge in [0.2, 0.25) is 5.54 Å². The molecule has 1 aromatic carbocycles. The minimum Gasteiger partial charge on any atom is -0.367 e. The van der Waals surface area contributed by atoms with Gasteiger partial charge in [0, 0.05) is 0 Å². The van der Waals surface area contributed by atoms with Crippen molar-refractivity contribution >= 4 is 11.6 Å². The normalized spacial score (nSPS) is 15.1. The minimum atomic E-state index is -4.93. The van der Waals surface area contributed by atoms with E-state index in [0.717, 1.165) is 12.1 Å². The van der Waals surface area contributed by atoms with Gasteiger partial charge >= 0.3 is 6.18 Å². The summed E-state index contributed by atoms with van der Waals surface area (Å²) in [5.74, 6) is -2.53. The Hall–Kier alpha value is -1.79. The fourth-order valence-electron chi connectivity index (χ4n) is 1.10. The Kier molecular flexibility index (Phi) is 3.30. The first-order valence-corrected chi connectivity index (χ1v) is 4.58. The van der Waals surface area contributed by atoms with Crippen LogP contribution in [0.2, 0.25) is 0 Å². The summed E-state index contributed by atoms with van der Waals surface area (Å²) in [4.78, 5) is 10.9. The molecule has 1 atom stereocenters. The number of anilines is 1. The summed E-state index contributed by atoms with van der Waals surface area (Å²) < 4.78 is 51.2. The van der Waals surface area contributed by atoms with Gasteiger partial charge in [-0.2, -0.15) is 13.2 Å². The fourth-order valence-corrected chi connectivity index (χ4v) is 1.10. The van der Waals surface area contributed by atoms with Gasteiger partial charge in [0.25, 0.3) is 5.91 Å². The summed E-state index contributed by atoms with van der Waals surface area (Å²) in [7, 11) is 0. The van der Waals surface area contributed by atoms with E-state index in [1.165, 1.54) is 12.1 Å². The number of carbonyl (C=O) groups is 1. The molecule has 0 radical (unpaired) electrons. The number of nitrogens with one attached hydrogen (secondary N) is 1. The van der Waals surface area contributed by atoms with Crippen LogP contribution in [-0.4, -0.2) is 17.6 Å². The molecule has 0 spiro atoms. The van der Waals surface area contributed by atoms with Crippen molar-refractivity contribution in [2.24, 2.45) is 5.73 Å². The molecule has 0 bridgehead atoms. The number of hydrogen-bond acceptors (Lipinski definition) is 2. The maximum atomic E-state index is 13.2. The number of hydrogen-bond donors (Lipinski definition) is 2. The Morgan fingerprint density at radius 2 is 1.82 bits per heavy atom. The third-order valence-corrected chi connectivity index (χ3v) is 2.32. The maximum absolute atomic E-state index is 13.2. The highest BCUT2D eigenvalue weighted by Gasteiger charge is 2.56. The van der Waals surface area contributed by atoms with Crippen molar-refractivity contribution in [1.82, 2.24) is 0 Å². The Morgan fingerprint density at radius 3 is 2.24 bits per heavy atom. The van der Waals surface area contributed by atoms with Gasteiger partial charge in [0.05, 0.1) is 5.69 Å². The number of para-hydroxylation sites is 1. The standard InChI is InChI=1S/C10H10F4N2O/c1-9(8(15)17,10(12,13)14)16-7-5-3-2-4-6(7)11/h2-5,16H,1H3,(H2,15,17). The van der Waals surface area contributed by atoms with Gasteiger partial charge in [0.15, 0.2) is 0 Å². The number of nitrogens with two attached hydrogens (primary N) is 1. The van der Waals surface area contributed by atoms with Crippen molar-refractivity contribution in [2.45, 2.75) is 18.6 Å². The average Bonchev–Trinajstić information content (AvgIpc) is 2.19. The SMILES string of the molecule is CC(Nc1ccccc1F)(C(N)=O)C(F)(F)F. The van der Waals surface area contributed by atoms with E-state index in [9.17, 15) is 22.4 Å². The van der Waals surface area contributed by atoms with Crippen LogP contribution in [0.1, 0.15) is 6.92 Å². The molecular weight excluding hydrogens is 240 g/mol. The summed E-state index contributed by atoms with van der Waals surface area (Å²) in [5, 5.41) is 1.79. The Balaban J connectivity index is 3.13. The van der Waals surface area contributed by atoms with E-state index in [1.54, 1.807) is 5.32 Å². The second-order valence-corrected chi connectivity index (χ2v) is 3.59. The summed E-state index contributed by atoms with van der Waals surface area (Å²) in [6, 6.07) is 4.71. The van der Waals surface area contributed by atoms with Crippen molar-refractivity contribution in [1.29, 1.82) is 0 Å². The molecular formula is C10H10F4N2O. The van der Waals surface area contributed by atoms with Crippen molar-refractivity contribution in [3.05, 3.63) is 30.1 Å². The predicted molar refractivity (Wildman–Crippen MR) is 53.7 cm³/mol. The molecule has 0 fully saturated rings. The third kappa shape index (κ3) is 2.48. The van der Waals surface area contributed by atoms with Crippen LogP contribution in [0.15, 0.2) is 24.3 Å². The van der Waals surface area contributed by atoms with Gasteiger partial charge in [-0.05, 0) is 19.1 Å². The Morgan fingerprint density at radius 1 is 1.29 bits per heavy atom. The maximum Gasteiger partial charge on any atom is 0.420 e. The predicted octanol–water partition coefficient (Wildman–Crippen LogP) is 2.04. The first-order chi connectivity index (χ1) is 7.68. The summed E-state index contributed by atoms with van der Waals surface area (Å²) in [6.45, 7) is 0.557. The minimum absolute atomic E-state index is 0.439. The van der Waals surface area contributed by atoms with Gasteiger partial charge in [-0.3, -0.25) is 4.79 Å². The van der Waals surface area contributed by atoms with Crippen LogP contribution in [0.4, 0.5) is 23.2 Å². The molecule has 3 N–H and O–H groups in total. The molecule has 1 aromatic rings. The summed E-state index contributed by atoms with van der Waals surface area (Å²) in [6.07, 6.45) is -4.93. The van der Waals surface area contributed by atoms with Crippen LogP contribution in [0.5, 0.6) is 0 Å². The Bertz CT molecular complexity index is 433. The van der Waals surface area contributed by atoms with Gasteiger partial charge in [-0.25, -0.2) is 4.39 Å². The quantitative estimate of drug-likeness (QED) is 0.806. The molecule has 1 rings (SSSR count). The van der Waals surface area contributed by atoms with Crippen molar-refractivity contribution < 1.29 is 22.4 Å². The zero-order chi connectivity index (χ0) is 13.3. The van der Waals surface area contributed by atoms with E-state index in [1.807, 2.05) is 0 Å². The van der Waals surface area contributed by atoms with E-state index in [-0.39, 0.29) is 0 Å². The largest absolute Gasteiger partial charge is 0.420 e. The van der Waals surface area contributed by atoms with Crippen LogP contribution < -0.4 is 11.1 Å². The Labute approximate surface area is 94.6 Å². The number of benzene rings is 1. The van der Waals surface area contributed by atoms with Crippen LogP contribution in [0.3, 0.4) is 0 Å². The van der Waals surface area contributed by atoms with Gasteiger partial charge in [0.1, 0.15) is 5.82 Å². The molecule has 0 saturated heterocycles. The number of primary amides is 1. The molecule has 0 aliphatic heterocycles. The molecule has 0 aromatic heterocycles. The average molecular weight is 250 g/mol. The molecule has 7 heteroatoms. The lowest BCUT2D eigenvalue weighted by Gasteiger charge is -2.30. The molecule has 0 heterocycles. The van der Waals surface area contributed by atoms with Crippen molar-refractivity contribution in [2.75, 3.05) is 5.32 Å². The van der Waals surface area contributed by atoms with Crippen molar-refractivity contribution in [3.8, 4) is 0 Å². The first-order valence-electron chi connectivity index (χ1n) is 4.58. The van der Waals surface area contributed by atoms with Crippen LogP contribution >= 0.6 is 0 Å². The number of alkyl halides is 3. The lowest BCUT2D eigenvalue weighted by Crippen LogP contribution is -2.58. The highest BCUT2D eigenvalue weighted by atomic mass is 19.4. The molecule has 1 amide bonds. The first kappa shape index (κ1) is 13.3. The summed E-state index contributed by atoms with van der Waals surface area (Å²) >= 11 is 0. The molecule has 3 nitrogen and oxygen atoms in total. The summed E-state index contributed by atoms with van der Waals surface area (Å²) in [5.41, 5.74) is 1.25. The monoisotopic (exact) mass is 250 g/mol. The molecule has 0 saturated carbocycles. The number of halogens is 4. The smallest absolute Gasteiger partial charge is 0.367 e. The second-order valence-electron chi connectivity index (χ2n) is 3.59. The molecule has 94 valence electrons. The molecule has 17 heavy (non-hydrogen) atoms. The van der Waals surface area contributed by atoms with E-state index in [2.05, 4.69) is 0 Å². The number of rotatable bonds is 3. The molecule has 0 aliphatic carbocycles. The van der Waals surface area contributed by atoms with Gasteiger partial charge < -0.3 is 11.1 Å². The van der Waals surface area contributed by atoms with Crippen LogP contribution in [0.25, 0.3) is 0 Å². The number of carbonyl (C=O) groups excluding carboxylic acids is 1. The molecule has 1 unspecified atom stereocenters. The zero-order valence-corrected chi connectivity index (χ0v) is 8.81. The molecule has 0 aliphatic rings. The zero-order valence-electron chi connectivity index (χ0n) is 8.81. The highest BCUT2D eigenvalue weighted by Crippen LogP contribution is 2.33. The lowest BCUT2D eigenvalue weighted by molar-refractivity contribution is -0.180. The second kappa shape index (κ2) is 4.23. The topological polar surface area (TPSA) is 55.1 Å². The van der Waals surface area contributed by atoms with E-state index in [4.69, 9.17) is 5.73 Å². The van der Waals surface area contributed by atoms with Crippen LogP contribution in [0, 0.1) is 5.82 Å². The van der Waals surface area contributed by atoms with Crippen molar-refractivity contribution in [3.63, 3.8) is 0 Å². The number of amides is 1. The van der Waals surface area contributed by atoms with Gasteiger partial charge in [-0.1, -0.05) is 12.1 Å². The van der Waals surface area contributed by atoms with Gasteiger partial charge in [-0.15, -0.1) is 0 Å². The van der Waals surface area contributed by atoms with Crippen LogP contribution in [-0.2, 0) is 4.79 Å². The van der Waals surface area contributed by atoms with E-state index >= 15 is 0 Å². The fraction of sp³-hybridized carbons (Fsp3) is 0.300. The highest BCUT2D eigenvalue weighted by molar-refractivity contribution is 5.88. The lowest BCUT2D eigenvalue weighted by atomic mass is 10.0. The van der Waals surface area contributed by atoms with E-state index < -0.39 is 29.1 Å².